The van der Waals surface area contributed by atoms with Gasteiger partial charge in [0.1, 0.15) is 0 Å². The fourth-order valence-electron chi connectivity index (χ4n) is 2.88. The van der Waals surface area contributed by atoms with E-state index in [4.69, 9.17) is 6.42 Å². The minimum Gasteiger partial charge on any atom is -0.385 e. The number of hydrogen-bond acceptors (Lipinski definition) is 2. The second-order valence-electron chi connectivity index (χ2n) is 6.09. The van der Waals surface area contributed by atoms with E-state index >= 15 is 0 Å². The Hall–Kier alpha value is -1.30. The summed E-state index contributed by atoms with van der Waals surface area (Å²) < 4.78 is 0. The molecule has 102 valence electrons. The zero-order valence-corrected chi connectivity index (χ0v) is 12.1. The van der Waals surface area contributed by atoms with Crippen molar-refractivity contribution < 1.29 is 5.11 Å². The predicted molar refractivity (Wildman–Crippen MR) is 78.6 cm³/mol. The van der Waals surface area contributed by atoms with Crippen LogP contribution in [0.4, 0.5) is 0 Å². The average molecular weight is 257 g/mol. The summed E-state index contributed by atoms with van der Waals surface area (Å²) in [4.78, 5) is 2.29. The second kappa shape index (κ2) is 5.00. The zero-order chi connectivity index (χ0) is 14.1. The average Bonchev–Trinajstić information content (AvgIpc) is 2.42. The fourth-order valence-corrected chi connectivity index (χ4v) is 2.88. The molecule has 2 heteroatoms. The molecule has 0 spiro atoms. The minimum atomic E-state index is -0.734. The van der Waals surface area contributed by atoms with Gasteiger partial charge in [0.25, 0.3) is 0 Å². The highest BCUT2D eigenvalue weighted by atomic mass is 16.3. The van der Waals surface area contributed by atoms with Crippen molar-refractivity contribution in [2.45, 2.75) is 38.3 Å². The Morgan fingerprint density at radius 2 is 2.00 bits per heavy atom. The largest absolute Gasteiger partial charge is 0.385 e. The third kappa shape index (κ3) is 2.54. The topological polar surface area (TPSA) is 23.5 Å². The number of nitrogens with zero attached hydrogens (tertiary/aromatic N) is 1. The number of likely N-dealkylation sites (tertiary alicyclic amines) is 1. The van der Waals surface area contributed by atoms with Gasteiger partial charge < -0.3 is 5.11 Å². The van der Waals surface area contributed by atoms with Gasteiger partial charge in [-0.05, 0) is 25.8 Å². The third-order valence-electron chi connectivity index (χ3n) is 4.49. The summed E-state index contributed by atoms with van der Waals surface area (Å²) in [6.45, 7) is 7.88. The Labute approximate surface area is 116 Å². The Kier molecular flexibility index (Phi) is 3.71. The van der Waals surface area contributed by atoms with Crippen LogP contribution < -0.4 is 0 Å². The summed E-state index contributed by atoms with van der Waals surface area (Å²) in [5.74, 6) is 3.01. The maximum atomic E-state index is 11.0. The van der Waals surface area contributed by atoms with Crippen LogP contribution >= 0.6 is 0 Å². The summed E-state index contributed by atoms with van der Waals surface area (Å²) in [5.41, 5.74) is 0.0370. The van der Waals surface area contributed by atoms with Gasteiger partial charge in [-0.25, -0.2) is 0 Å². The monoisotopic (exact) mass is 257 g/mol. The molecule has 0 saturated carbocycles. The van der Waals surface area contributed by atoms with Crippen molar-refractivity contribution in [3.05, 3.63) is 35.9 Å². The summed E-state index contributed by atoms with van der Waals surface area (Å²) >= 11 is 0. The predicted octanol–water partition coefficient (Wildman–Crippen LogP) is 2.63. The first-order valence-electron chi connectivity index (χ1n) is 6.91. The minimum absolute atomic E-state index is 0.163. The normalized spacial score (nSPS) is 28.9. The zero-order valence-electron chi connectivity index (χ0n) is 12.1. The molecule has 19 heavy (non-hydrogen) atoms. The Morgan fingerprint density at radius 3 is 2.53 bits per heavy atom. The number of hydrogen-bond donors (Lipinski definition) is 1. The van der Waals surface area contributed by atoms with Crippen LogP contribution in [0.25, 0.3) is 0 Å². The molecular weight excluding hydrogens is 234 g/mol. The van der Waals surface area contributed by atoms with Crippen LogP contribution in [0.1, 0.15) is 32.8 Å². The van der Waals surface area contributed by atoms with Gasteiger partial charge >= 0.3 is 0 Å². The molecule has 1 heterocycles. The molecule has 1 saturated heterocycles. The lowest BCUT2D eigenvalue weighted by Gasteiger charge is -2.47. The maximum absolute atomic E-state index is 11.0. The van der Waals surface area contributed by atoms with E-state index in [1.54, 1.807) is 0 Å². The van der Waals surface area contributed by atoms with E-state index in [0.29, 0.717) is 0 Å². The molecule has 1 aliphatic rings. The molecule has 1 fully saturated rings. The van der Waals surface area contributed by atoms with Crippen molar-refractivity contribution >= 4 is 0 Å². The van der Waals surface area contributed by atoms with Crippen molar-refractivity contribution in [1.29, 1.82) is 0 Å². The molecule has 1 aliphatic heterocycles. The van der Waals surface area contributed by atoms with Gasteiger partial charge in [0, 0.05) is 19.0 Å². The molecular formula is C17H23NO. The standard InChI is InChI=1S/C17H23NO/c1-5-16(3,4)18-12-11-17(19,14(2)13-18)15-9-7-6-8-10-15/h1,6-10,14,19H,11-13H2,2-4H3/t14-,17-/m0/s1. The molecule has 2 nitrogen and oxygen atoms in total. The second-order valence-corrected chi connectivity index (χ2v) is 6.09. The van der Waals surface area contributed by atoms with Gasteiger partial charge in [-0.1, -0.05) is 43.2 Å². The smallest absolute Gasteiger partial charge is 0.0946 e. The summed E-state index contributed by atoms with van der Waals surface area (Å²) in [7, 11) is 0. The van der Waals surface area contributed by atoms with Gasteiger partial charge in [0.2, 0.25) is 0 Å². The lowest BCUT2D eigenvalue weighted by molar-refractivity contribution is -0.0837. The quantitative estimate of drug-likeness (QED) is 0.823. The van der Waals surface area contributed by atoms with Crippen LogP contribution in [0.3, 0.4) is 0 Å². The van der Waals surface area contributed by atoms with Crippen LogP contribution in [-0.2, 0) is 5.60 Å². The van der Waals surface area contributed by atoms with E-state index in [2.05, 4.69) is 31.6 Å². The highest BCUT2D eigenvalue weighted by Gasteiger charge is 2.42. The van der Waals surface area contributed by atoms with Crippen molar-refractivity contribution in [1.82, 2.24) is 4.90 Å². The van der Waals surface area contributed by atoms with Crippen molar-refractivity contribution in [3.63, 3.8) is 0 Å². The van der Waals surface area contributed by atoms with Gasteiger partial charge in [-0.15, -0.1) is 6.42 Å². The molecule has 0 amide bonds. The number of benzene rings is 1. The molecule has 0 aromatic heterocycles. The molecule has 2 rings (SSSR count). The first kappa shape index (κ1) is 14.1. The molecule has 1 N–H and O–H groups in total. The summed E-state index contributed by atoms with van der Waals surface area (Å²) in [5, 5.41) is 11.0. The van der Waals surface area contributed by atoms with E-state index in [1.807, 2.05) is 30.3 Å². The van der Waals surface area contributed by atoms with Crippen molar-refractivity contribution in [2.24, 2.45) is 5.92 Å². The third-order valence-corrected chi connectivity index (χ3v) is 4.49. The van der Waals surface area contributed by atoms with Gasteiger partial charge in [-0.2, -0.15) is 0 Å². The first-order valence-corrected chi connectivity index (χ1v) is 6.91. The van der Waals surface area contributed by atoms with Crippen LogP contribution in [0.5, 0.6) is 0 Å². The van der Waals surface area contributed by atoms with Crippen LogP contribution in [0.15, 0.2) is 30.3 Å². The van der Waals surface area contributed by atoms with Crippen LogP contribution in [-0.4, -0.2) is 28.6 Å². The number of piperidine rings is 1. The highest BCUT2D eigenvalue weighted by molar-refractivity contribution is 5.24. The van der Waals surface area contributed by atoms with Crippen LogP contribution in [0.2, 0.25) is 0 Å². The Morgan fingerprint density at radius 1 is 1.37 bits per heavy atom. The van der Waals surface area contributed by atoms with Gasteiger partial charge in [0.05, 0.1) is 11.1 Å². The van der Waals surface area contributed by atoms with E-state index in [9.17, 15) is 5.11 Å². The number of rotatable bonds is 2. The molecule has 0 radical (unpaired) electrons. The lowest BCUT2D eigenvalue weighted by atomic mass is 9.76. The maximum Gasteiger partial charge on any atom is 0.0946 e. The summed E-state index contributed by atoms with van der Waals surface area (Å²) in [6.07, 6.45) is 6.33. The van der Waals surface area contributed by atoms with Crippen molar-refractivity contribution in [3.8, 4) is 12.3 Å². The SMILES string of the molecule is C#CC(C)(C)N1CC[C@@](O)(c2ccccc2)[C@@H](C)C1. The number of terminal acetylenes is 1. The van der Waals surface area contributed by atoms with Crippen LogP contribution in [0, 0.1) is 18.3 Å². The number of aliphatic hydroxyl groups is 1. The van der Waals surface area contributed by atoms with Gasteiger partial charge in [0.15, 0.2) is 0 Å². The molecule has 1 aromatic rings. The fraction of sp³-hybridized carbons (Fsp3) is 0.529. The lowest BCUT2D eigenvalue weighted by Crippen LogP contribution is -2.55. The van der Waals surface area contributed by atoms with E-state index in [1.165, 1.54) is 0 Å². The summed E-state index contributed by atoms with van der Waals surface area (Å²) in [6, 6.07) is 9.97. The van der Waals surface area contributed by atoms with E-state index < -0.39 is 5.60 Å². The van der Waals surface area contributed by atoms with Gasteiger partial charge in [-0.3, -0.25) is 4.90 Å². The molecule has 0 unspecified atom stereocenters. The van der Waals surface area contributed by atoms with E-state index in [-0.39, 0.29) is 11.5 Å². The highest BCUT2D eigenvalue weighted by Crippen LogP contribution is 2.38. The molecule has 1 aromatic carbocycles. The van der Waals surface area contributed by atoms with Crippen molar-refractivity contribution in [2.75, 3.05) is 13.1 Å². The molecule has 0 aliphatic carbocycles. The molecule has 0 bridgehead atoms. The first-order chi connectivity index (χ1) is 8.90. The Bertz CT molecular complexity index is 474. The molecule has 2 atom stereocenters. The van der Waals surface area contributed by atoms with E-state index in [0.717, 1.165) is 25.1 Å². The Balaban J connectivity index is 2.20.